The predicted molar refractivity (Wildman–Crippen MR) is 288 cm³/mol. The molecule has 9 aromatic carbocycles. The van der Waals surface area contributed by atoms with Gasteiger partial charge in [0, 0.05) is 38.4 Å². The molecular weight excluding hydrogens is 847 g/mol. The number of benzene rings is 9. The van der Waals surface area contributed by atoms with Gasteiger partial charge in [-0.05, 0) is 153 Å². The summed E-state index contributed by atoms with van der Waals surface area (Å²) < 4.78 is 6.83. The molecule has 0 aliphatic heterocycles. The summed E-state index contributed by atoms with van der Waals surface area (Å²) in [6.45, 7) is 0. The third-order valence-electron chi connectivity index (χ3n) is 18.6. The highest BCUT2D eigenvalue weighted by atomic mass is 16.3. The summed E-state index contributed by atoms with van der Waals surface area (Å²) in [5.41, 5.74) is 22.0. The van der Waals surface area contributed by atoms with E-state index in [9.17, 15) is 0 Å². The fourth-order valence-corrected chi connectivity index (χ4v) is 16.3. The Labute approximate surface area is 408 Å². The van der Waals surface area contributed by atoms with Crippen LogP contribution in [0.15, 0.2) is 211 Å². The maximum absolute atomic E-state index is 6.83. The lowest BCUT2D eigenvalue weighted by Gasteiger charge is -2.76. The van der Waals surface area contributed by atoms with Crippen molar-refractivity contribution in [2.45, 2.75) is 43.9 Å². The molecule has 0 radical (unpaired) electrons. The second kappa shape index (κ2) is 14.4. The zero-order chi connectivity index (χ0) is 45.7. The molecule has 6 aliphatic carbocycles. The van der Waals surface area contributed by atoms with Crippen LogP contribution in [0.3, 0.4) is 0 Å². The van der Waals surface area contributed by atoms with Gasteiger partial charge in [-0.2, -0.15) is 0 Å². The van der Waals surface area contributed by atoms with E-state index in [1.54, 1.807) is 11.1 Å². The maximum Gasteiger partial charge on any atom is 0.143 e. The van der Waals surface area contributed by atoms with Crippen molar-refractivity contribution in [2.24, 2.45) is 29.1 Å². The molecule has 2 spiro atoms. The van der Waals surface area contributed by atoms with Crippen LogP contribution in [0.1, 0.15) is 55.2 Å². The van der Waals surface area contributed by atoms with Crippen LogP contribution >= 0.6 is 0 Å². The van der Waals surface area contributed by atoms with Crippen molar-refractivity contribution >= 4 is 50.6 Å². The third kappa shape index (κ3) is 5.04. The Kier molecular flexibility index (Phi) is 8.08. The first-order valence-electron chi connectivity index (χ1n) is 25.8. The van der Waals surface area contributed by atoms with Crippen molar-refractivity contribution in [3.05, 3.63) is 233 Å². The number of hydrogen-bond donors (Lipinski definition) is 0. The third-order valence-corrected chi connectivity index (χ3v) is 18.6. The Balaban J connectivity index is 0.950. The summed E-state index contributed by atoms with van der Waals surface area (Å²) in [6, 6.07) is 77.5. The highest BCUT2D eigenvalue weighted by Crippen LogP contribution is 2.89. The zero-order valence-electron chi connectivity index (χ0n) is 39.1. The van der Waals surface area contributed by atoms with E-state index in [1.807, 2.05) is 0 Å². The molecule has 0 amide bonds. The molecule has 10 aromatic rings. The Morgan fingerprint density at radius 2 is 1.10 bits per heavy atom. The summed E-state index contributed by atoms with van der Waals surface area (Å²) in [5.74, 6) is 3.36. The van der Waals surface area contributed by atoms with Crippen LogP contribution in [0, 0.1) is 29.1 Å². The standard InChI is InChI=1S/C68H51NO/c1-2-17-43(18-3-1)48-26-14-19-44-20-15-27-54(65(44)48)51-23-6-11-32-60(51)69(61-33-12-7-24-52(61)55-28-16-29-56-53-25-8-13-34-62(53)70-66(55)56)59-31-10-5-21-47(59)45-35-36-50-49-22-4-9-30-57(49)68(58(50)39-45)63-38-42-37-46-40-64(68)67(46,63)41-42/h1-14,16-26,28-36,39,42,46,63-64H,15,27,37-38,40-41H2. The molecule has 4 fully saturated rings. The first-order valence-corrected chi connectivity index (χ1v) is 25.8. The topological polar surface area (TPSA) is 16.4 Å². The summed E-state index contributed by atoms with van der Waals surface area (Å²) in [5, 5.41) is 4.91. The lowest BCUT2D eigenvalue weighted by molar-refractivity contribution is -0.231. The Morgan fingerprint density at radius 1 is 0.457 bits per heavy atom. The molecule has 1 heterocycles. The fourth-order valence-electron chi connectivity index (χ4n) is 16.3. The zero-order valence-corrected chi connectivity index (χ0v) is 39.1. The first kappa shape index (κ1) is 39.2. The van der Waals surface area contributed by atoms with Crippen LogP contribution in [-0.2, 0) is 5.41 Å². The quantitative estimate of drug-likeness (QED) is 0.158. The minimum Gasteiger partial charge on any atom is -0.455 e. The average molecular weight is 898 g/mol. The second-order valence-electron chi connectivity index (χ2n) is 21.4. The van der Waals surface area contributed by atoms with Crippen LogP contribution in [0.5, 0.6) is 0 Å². The van der Waals surface area contributed by atoms with Crippen molar-refractivity contribution in [3.8, 4) is 44.5 Å². The van der Waals surface area contributed by atoms with Crippen molar-refractivity contribution in [1.82, 2.24) is 0 Å². The van der Waals surface area contributed by atoms with Gasteiger partial charge in [0.05, 0.1) is 17.1 Å². The molecule has 0 saturated heterocycles. The fraction of sp³-hybridized carbons (Fsp3) is 0.176. The molecule has 2 nitrogen and oxygen atoms in total. The number of anilines is 3. The van der Waals surface area contributed by atoms with Crippen LogP contribution in [0.2, 0.25) is 0 Å². The lowest BCUT2D eigenvalue weighted by atomic mass is 9.27. The summed E-state index contributed by atoms with van der Waals surface area (Å²) in [4.78, 5) is 2.60. The molecular formula is C68H51NO. The molecule has 334 valence electrons. The van der Waals surface area contributed by atoms with Gasteiger partial charge in [-0.25, -0.2) is 0 Å². The minimum atomic E-state index is 0.116. The van der Waals surface area contributed by atoms with Gasteiger partial charge in [0.25, 0.3) is 0 Å². The van der Waals surface area contributed by atoms with Gasteiger partial charge in [-0.3, -0.25) is 0 Å². The van der Waals surface area contributed by atoms with Gasteiger partial charge < -0.3 is 9.32 Å². The number of para-hydroxylation sites is 5. The van der Waals surface area contributed by atoms with E-state index in [4.69, 9.17) is 4.42 Å². The molecule has 6 unspecified atom stereocenters. The molecule has 70 heavy (non-hydrogen) atoms. The lowest BCUT2D eigenvalue weighted by Crippen LogP contribution is -2.73. The number of hydrogen-bond acceptors (Lipinski definition) is 2. The molecule has 2 heteroatoms. The van der Waals surface area contributed by atoms with E-state index < -0.39 is 0 Å². The number of rotatable bonds is 7. The van der Waals surface area contributed by atoms with Gasteiger partial charge in [-0.15, -0.1) is 0 Å². The predicted octanol–water partition coefficient (Wildman–Crippen LogP) is 16.2. The van der Waals surface area contributed by atoms with Crippen molar-refractivity contribution < 1.29 is 4.42 Å². The highest BCUT2D eigenvalue weighted by Gasteiger charge is 2.84. The van der Waals surface area contributed by atoms with E-state index in [-0.39, 0.29) is 5.41 Å². The number of furan rings is 1. The first-order chi connectivity index (χ1) is 34.7. The van der Waals surface area contributed by atoms with Crippen LogP contribution in [-0.4, -0.2) is 0 Å². The van der Waals surface area contributed by atoms with Crippen molar-refractivity contribution in [2.75, 3.05) is 4.90 Å². The molecule has 0 N–H and O–H groups in total. The van der Waals surface area contributed by atoms with Crippen LogP contribution in [0.4, 0.5) is 17.1 Å². The second-order valence-corrected chi connectivity index (χ2v) is 21.4. The number of nitrogens with zero attached hydrogens (tertiary/aromatic N) is 1. The summed E-state index contributed by atoms with van der Waals surface area (Å²) in [6.07, 6.45) is 10.1. The van der Waals surface area contributed by atoms with E-state index in [1.165, 1.54) is 86.3 Å². The number of fused-ring (bicyclic) bond motifs is 12. The van der Waals surface area contributed by atoms with E-state index in [0.717, 1.165) is 81.0 Å². The Bertz CT molecular complexity index is 3970. The maximum atomic E-state index is 6.83. The van der Waals surface area contributed by atoms with E-state index in [0.29, 0.717) is 5.41 Å². The highest BCUT2D eigenvalue weighted by molar-refractivity contribution is 6.11. The van der Waals surface area contributed by atoms with Crippen molar-refractivity contribution in [3.63, 3.8) is 0 Å². The van der Waals surface area contributed by atoms with Gasteiger partial charge in [0.2, 0.25) is 0 Å². The van der Waals surface area contributed by atoms with E-state index in [2.05, 4.69) is 217 Å². The van der Waals surface area contributed by atoms with Crippen LogP contribution in [0.25, 0.3) is 78.1 Å². The molecule has 6 atom stereocenters. The van der Waals surface area contributed by atoms with Crippen LogP contribution < -0.4 is 15.3 Å². The largest absolute Gasteiger partial charge is 0.455 e. The smallest absolute Gasteiger partial charge is 0.143 e. The van der Waals surface area contributed by atoms with Crippen molar-refractivity contribution in [1.29, 1.82) is 0 Å². The molecule has 16 rings (SSSR count). The SMILES string of the molecule is C1=c2cccc(-c3ccccc3)c2=C(c2ccccc2N(c2ccccc2-c2ccc3c(c2)C2(c4ccccc4-3)C3CC4CC5CC2C53C4)c2ccccc2-c2cccc3c2oc2ccccc23)CC1. The average Bonchev–Trinajstić information content (AvgIpc) is 4.21. The van der Waals surface area contributed by atoms with Gasteiger partial charge in [0.15, 0.2) is 0 Å². The summed E-state index contributed by atoms with van der Waals surface area (Å²) >= 11 is 0. The Morgan fingerprint density at radius 3 is 1.96 bits per heavy atom. The minimum absolute atomic E-state index is 0.116. The van der Waals surface area contributed by atoms with E-state index >= 15 is 0 Å². The summed E-state index contributed by atoms with van der Waals surface area (Å²) in [7, 11) is 0. The van der Waals surface area contributed by atoms with Gasteiger partial charge in [-0.1, -0.05) is 182 Å². The van der Waals surface area contributed by atoms with Gasteiger partial charge >= 0.3 is 0 Å². The van der Waals surface area contributed by atoms with Gasteiger partial charge in [0.1, 0.15) is 11.2 Å². The molecule has 4 saturated carbocycles. The molecule has 6 aliphatic rings. The molecule has 1 aromatic heterocycles. The monoisotopic (exact) mass is 897 g/mol. The Hall–Kier alpha value is -7.68. The molecule has 2 bridgehead atoms. The normalized spacial score (nSPS) is 23.9.